The normalized spacial score (nSPS) is 20.2. The summed E-state index contributed by atoms with van der Waals surface area (Å²) in [7, 11) is 0. The van der Waals surface area contributed by atoms with Gasteiger partial charge < -0.3 is 16.2 Å². The Hall–Kier alpha value is -2.63. The van der Waals surface area contributed by atoms with Gasteiger partial charge in [-0.1, -0.05) is 17.8 Å². The van der Waals surface area contributed by atoms with Crippen molar-refractivity contribution in [3.8, 4) is 0 Å². The molecule has 1 unspecified atom stereocenters. The van der Waals surface area contributed by atoms with E-state index >= 15 is 0 Å². The number of aryl methyl sites for hydroxylation is 1. The highest BCUT2D eigenvalue weighted by atomic mass is 32.2. The zero-order valence-corrected chi connectivity index (χ0v) is 20.3. The van der Waals surface area contributed by atoms with Gasteiger partial charge in [0.15, 0.2) is 0 Å². The van der Waals surface area contributed by atoms with E-state index in [1.165, 1.54) is 13.8 Å². The van der Waals surface area contributed by atoms with Crippen LogP contribution in [0.3, 0.4) is 0 Å². The van der Waals surface area contributed by atoms with Gasteiger partial charge in [-0.2, -0.15) is 0 Å². The van der Waals surface area contributed by atoms with Gasteiger partial charge in [0.25, 0.3) is 5.92 Å². The molecule has 4 rings (SSSR count). The molecule has 2 aliphatic heterocycles. The summed E-state index contributed by atoms with van der Waals surface area (Å²) in [4.78, 5) is 18.1. The van der Waals surface area contributed by atoms with Gasteiger partial charge in [0, 0.05) is 28.6 Å². The second-order valence-electron chi connectivity index (χ2n) is 9.46. The van der Waals surface area contributed by atoms with E-state index in [4.69, 9.17) is 5.73 Å². The van der Waals surface area contributed by atoms with Gasteiger partial charge in [-0.05, 0) is 56.5 Å². The van der Waals surface area contributed by atoms with Crippen LogP contribution in [0.1, 0.15) is 47.9 Å². The van der Waals surface area contributed by atoms with Gasteiger partial charge in [0.05, 0.1) is 23.7 Å². The predicted octanol–water partition coefficient (Wildman–Crippen LogP) is 4.33. The molecule has 1 aromatic heterocycles. The van der Waals surface area contributed by atoms with Crippen LogP contribution in [-0.4, -0.2) is 39.9 Å². The number of amides is 1. The molecule has 0 aliphatic carbocycles. The third-order valence-electron chi connectivity index (χ3n) is 6.07. The number of alkyl halides is 2. The molecule has 4 N–H and O–H groups in total. The van der Waals surface area contributed by atoms with Gasteiger partial charge in [-0.15, -0.1) is 0 Å². The fraction of sp³-hybridized carbons (Fsp3) is 0.417. The Balaban J connectivity index is 1.52. The first-order valence-electron chi connectivity index (χ1n) is 11.0. The van der Waals surface area contributed by atoms with Crippen molar-refractivity contribution in [3.05, 3.63) is 68.9 Å². The first-order chi connectivity index (χ1) is 16.2. The third-order valence-corrected chi connectivity index (χ3v) is 7.34. The van der Waals surface area contributed by atoms with Crippen molar-refractivity contribution in [2.24, 2.45) is 5.73 Å². The smallest absolute Gasteiger partial charge is 0.272 e. The standard InChI is InChI=1S/C24H26F4N4O2S/c1-12-13(9-32-10-24(27,28)11-32)4-5-19(30-12)31-22-15(21(29)33)8-18(35-22)20-16(25)6-14(7-17(20)26)23(2,3)34/h4-7,18,34H,8-11H2,1-3H3,(H2,29,33)(H,30,31). The maximum atomic E-state index is 14.9. The largest absolute Gasteiger partial charge is 0.386 e. The molecule has 0 radical (unpaired) electrons. The number of pyridine rings is 1. The van der Waals surface area contributed by atoms with E-state index in [2.05, 4.69) is 10.3 Å². The Morgan fingerprint density at radius 2 is 1.91 bits per heavy atom. The Labute approximate surface area is 204 Å². The molecule has 2 aliphatic rings. The van der Waals surface area contributed by atoms with E-state index in [1.807, 2.05) is 0 Å². The van der Waals surface area contributed by atoms with Crippen LogP contribution in [0, 0.1) is 18.6 Å². The third kappa shape index (κ3) is 5.46. The number of aromatic nitrogens is 1. The van der Waals surface area contributed by atoms with Crippen LogP contribution in [0.25, 0.3) is 0 Å². The number of hydrogen-bond donors (Lipinski definition) is 3. The lowest BCUT2D eigenvalue weighted by molar-refractivity contribution is -0.134. The highest BCUT2D eigenvalue weighted by Gasteiger charge is 2.43. The summed E-state index contributed by atoms with van der Waals surface area (Å²) in [5.74, 6) is -4.62. The number of carbonyl (C=O) groups excluding carboxylic acids is 1. The maximum absolute atomic E-state index is 14.9. The number of carbonyl (C=O) groups is 1. The molecule has 3 heterocycles. The van der Waals surface area contributed by atoms with Gasteiger partial charge in [0.2, 0.25) is 5.91 Å². The molecule has 2 aromatic rings. The summed E-state index contributed by atoms with van der Waals surface area (Å²) in [5, 5.41) is 12.7. The van der Waals surface area contributed by atoms with E-state index in [-0.39, 0.29) is 36.2 Å². The molecule has 6 nitrogen and oxygen atoms in total. The Morgan fingerprint density at radius 1 is 1.29 bits per heavy atom. The summed E-state index contributed by atoms with van der Waals surface area (Å²) in [5.41, 5.74) is 5.63. The van der Waals surface area contributed by atoms with E-state index in [0.717, 1.165) is 29.5 Å². The number of nitrogens with two attached hydrogens (primary N) is 1. The lowest BCUT2D eigenvalue weighted by Gasteiger charge is -2.38. The number of nitrogens with one attached hydrogen (secondary N) is 1. The number of likely N-dealkylation sites (tertiary alicyclic amines) is 1. The van der Waals surface area contributed by atoms with Crippen molar-refractivity contribution in [1.29, 1.82) is 0 Å². The number of benzene rings is 1. The highest BCUT2D eigenvalue weighted by molar-refractivity contribution is 8.03. The molecule has 35 heavy (non-hydrogen) atoms. The van der Waals surface area contributed by atoms with Gasteiger partial charge in [-0.3, -0.25) is 9.69 Å². The number of anilines is 1. The van der Waals surface area contributed by atoms with Crippen LogP contribution >= 0.6 is 11.8 Å². The zero-order valence-electron chi connectivity index (χ0n) is 19.5. The quantitative estimate of drug-likeness (QED) is 0.481. The minimum absolute atomic E-state index is 0.0122. The van der Waals surface area contributed by atoms with Crippen LogP contribution < -0.4 is 11.1 Å². The number of nitrogens with zero attached hydrogens (tertiary/aromatic N) is 2. The monoisotopic (exact) mass is 510 g/mol. The van der Waals surface area contributed by atoms with E-state index in [0.29, 0.717) is 23.1 Å². The van der Waals surface area contributed by atoms with E-state index in [1.54, 1.807) is 24.0 Å². The van der Waals surface area contributed by atoms with Crippen LogP contribution in [-0.2, 0) is 16.9 Å². The van der Waals surface area contributed by atoms with Crippen LogP contribution in [0.15, 0.2) is 34.9 Å². The Kier molecular flexibility index (Phi) is 6.62. The molecule has 0 spiro atoms. The summed E-state index contributed by atoms with van der Waals surface area (Å²) >= 11 is 1.06. The number of halogens is 4. The van der Waals surface area contributed by atoms with Crippen molar-refractivity contribution in [3.63, 3.8) is 0 Å². The minimum Gasteiger partial charge on any atom is -0.386 e. The molecule has 1 fully saturated rings. The summed E-state index contributed by atoms with van der Waals surface area (Å²) in [6, 6.07) is 5.59. The second-order valence-corrected chi connectivity index (χ2v) is 10.7. The lowest BCUT2D eigenvalue weighted by Crippen LogP contribution is -2.55. The molecule has 1 amide bonds. The molecular formula is C24H26F4N4O2S. The summed E-state index contributed by atoms with van der Waals surface area (Å²) < 4.78 is 55.9. The van der Waals surface area contributed by atoms with Crippen molar-refractivity contribution in [2.45, 2.75) is 50.5 Å². The van der Waals surface area contributed by atoms with Crippen LogP contribution in [0.4, 0.5) is 23.4 Å². The molecule has 0 saturated carbocycles. The molecule has 0 bridgehead atoms. The molecule has 1 atom stereocenters. The molecule has 11 heteroatoms. The lowest BCUT2D eigenvalue weighted by atomic mass is 9.94. The zero-order chi connectivity index (χ0) is 25.7. The number of thioether (sulfide) groups is 1. The van der Waals surface area contributed by atoms with E-state index < -0.39 is 34.3 Å². The molecular weight excluding hydrogens is 484 g/mol. The van der Waals surface area contributed by atoms with Crippen LogP contribution in [0.2, 0.25) is 0 Å². The number of aliphatic hydroxyl groups is 1. The topological polar surface area (TPSA) is 91.5 Å². The SMILES string of the molecule is Cc1nc(NC2=C(C(N)=O)CC(c3c(F)cc(C(C)(C)O)cc3F)S2)ccc1CN1CC(F)(F)C1. The maximum Gasteiger partial charge on any atom is 0.272 e. The van der Waals surface area contributed by atoms with E-state index in [9.17, 15) is 27.5 Å². The minimum atomic E-state index is -2.65. The molecule has 1 aromatic carbocycles. The number of hydrogen-bond acceptors (Lipinski definition) is 6. The Morgan fingerprint density at radius 3 is 2.43 bits per heavy atom. The van der Waals surface area contributed by atoms with Crippen molar-refractivity contribution in [1.82, 2.24) is 9.88 Å². The fourth-order valence-electron chi connectivity index (χ4n) is 4.16. The molecule has 1 saturated heterocycles. The predicted molar refractivity (Wildman–Crippen MR) is 126 cm³/mol. The number of primary amides is 1. The van der Waals surface area contributed by atoms with Crippen molar-refractivity contribution < 1.29 is 27.5 Å². The van der Waals surface area contributed by atoms with Gasteiger partial charge >= 0.3 is 0 Å². The van der Waals surface area contributed by atoms with Crippen molar-refractivity contribution in [2.75, 3.05) is 18.4 Å². The highest BCUT2D eigenvalue weighted by Crippen LogP contribution is 2.49. The first-order valence-corrected chi connectivity index (χ1v) is 11.9. The fourth-order valence-corrected chi connectivity index (χ4v) is 5.53. The van der Waals surface area contributed by atoms with Gasteiger partial charge in [0.1, 0.15) is 17.5 Å². The summed E-state index contributed by atoms with van der Waals surface area (Å²) in [6.45, 7) is 4.38. The molecule has 188 valence electrons. The second kappa shape index (κ2) is 9.11. The Bertz CT molecular complexity index is 1180. The first kappa shape index (κ1) is 25.5. The average molecular weight is 511 g/mol. The van der Waals surface area contributed by atoms with Gasteiger partial charge in [-0.25, -0.2) is 22.5 Å². The average Bonchev–Trinajstić information content (AvgIpc) is 3.11. The summed E-state index contributed by atoms with van der Waals surface area (Å²) in [6.07, 6.45) is 0.0122. The number of rotatable bonds is 7. The van der Waals surface area contributed by atoms with Crippen molar-refractivity contribution >= 4 is 23.5 Å². The van der Waals surface area contributed by atoms with Crippen LogP contribution in [0.5, 0.6) is 0 Å².